The maximum atomic E-state index is 13.4. The summed E-state index contributed by atoms with van der Waals surface area (Å²) in [6.45, 7) is 3.03. The lowest BCUT2D eigenvalue weighted by Crippen LogP contribution is -2.56. The van der Waals surface area contributed by atoms with Crippen molar-refractivity contribution in [2.24, 2.45) is 16.8 Å². The number of halogens is 1. The highest BCUT2D eigenvalue weighted by atomic mass is 35.5. The van der Waals surface area contributed by atoms with E-state index in [9.17, 15) is 4.79 Å². The molecule has 0 amide bonds. The van der Waals surface area contributed by atoms with Crippen LogP contribution in [0.2, 0.25) is 5.02 Å². The molecule has 1 aliphatic heterocycles. The molecule has 0 radical (unpaired) electrons. The molecule has 6 heteroatoms. The number of esters is 1. The van der Waals surface area contributed by atoms with Gasteiger partial charge in [0, 0.05) is 17.6 Å². The molecule has 1 fully saturated rings. The highest BCUT2D eigenvalue weighted by molar-refractivity contribution is 6.30. The number of benzene rings is 2. The lowest BCUT2D eigenvalue weighted by Gasteiger charge is -2.44. The van der Waals surface area contributed by atoms with Crippen LogP contribution >= 0.6 is 11.6 Å². The molecule has 1 heterocycles. The first-order valence-corrected chi connectivity index (χ1v) is 14.6. The first-order valence-electron chi connectivity index (χ1n) is 14.2. The molecule has 2 aromatic rings. The topological polar surface area (TPSA) is 45.1 Å². The minimum Gasteiger partial charge on any atom is -0.467 e. The third-order valence-corrected chi connectivity index (χ3v) is 8.96. The van der Waals surface area contributed by atoms with Crippen LogP contribution in [0.15, 0.2) is 59.6 Å². The van der Waals surface area contributed by atoms with E-state index in [4.69, 9.17) is 21.3 Å². The number of hydrogen-bond donors (Lipinski definition) is 0. The Bertz CT molecular complexity index is 1050. The second-order valence-electron chi connectivity index (χ2n) is 11.3. The molecule has 0 aromatic heterocycles. The van der Waals surface area contributed by atoms with Crippen molar-refractivity contribution in [3.8, 4) is 0 Å². The van der Waals surface area contributed by atoms with E-state index in [-0.39, 0.29) is 12.0 Å². The lowest BCUT2D eigenvalue weighted by molar-refractivity contribution is -0.150. The van der Waals surface area contributed by atoms with Gasteiger partial charge in [0.25, 0.3) is 0 Å². The predicted octanol–water partition coefficient (Wildman–Crippen LogP) is 6.81. The van der Waals surface area contributed by atoms with Gasteiger partial charge < -0.3 is 14.5 Å². The van der Waals surface area contributed by atoms with Crippen LogP contribution in [0.25, 0.3) is 0 Å². The lowest BCUT2D eigenvalue weighted by atomic mass is 9.69. The van der Waals surface area contributed by atoms with Crippen LogP contribution in [0.4, 0.5) is 0 Å². The van der Waals surface area contributed by atoms with Gasteiger partial charge in [-0.15, -0.1) is 0 Å². The zero-order valence-corrected chi connectivity index (χ0v) is 24.2. The summed E-state index contributed by atoms with van der Waals surface area (Å²) in [6.07, 6.45) is 10.1. The van der Waals surface area contributed by atoms with Crippen molar-refractivity contribution < 1.29 is 9.53 Å². The van der Waals surface area contributed by atoms with Crippen molar-refractivity contribution in [3.05, 3.63) is 70.7 Å². The molecule has 3 unspecified atom stereocenters. The Morgan fingerprint density at radius 2 is 1.79 bits per heavy atom. The largest absolute Gasteiger partial charge is 0.467 e. The molecule has 206 valence electrons. The maximum absolute atomic E-state index is 13.4. The summed E-state index contributed by atoms with van der Waals surface area (Å²) >= 11 is 6.18. The van der Waals surface area contributed by atoms with Crippen LogP contribution in [-0.4, -0.2) is 61.4 Å². The Morgan fingerprint density at radius 3 is 2.39 bits per heavy atom. The summed E-state index contributed by atoms with van der Waals surface area (Å²) in [4.78, 5) is 23.1. The number of carbonyl (C=O) groups is 1. The van der Waals surface area contributed by atoms with Crippen molar-refractivity contribution >= 4 is 23.9 Å². The standard InChI is InChI=1S/C32H44ClN3O2/c1-5-6-21-32(31(37)38-4)30(36(23-34-32)22-20-24-10-8-7-9-11-24)27-14-12-25(13-15-27)29(35(2)3)26-16-18-28(33)19-17-26/h7-11,16-19,23,25,27,29-30H,5-6,12-15,20-22H2,1-4H3. The SMILES string of the molecule is CCCCC1(C(=O)OC)N=CN(CCc2ccccc2)C1C1CCC(C(c2ccc(Cl)cc2)N(C)C)CC1. The predicted molar refractivity (Wildman–Crippen MR) is 157 cm³/mol. The average Bonchev–Trinajstić information content (AvgIpc) is 3.31. The molecule has 1 saturated carbocycles. The Labute approximate surface area is 234 Å². The molecule has 38 heavy (non-hydrogen) atoms. The highest BCUT2D eigenvalue weighted by Gasteiger charge is 2.55. The molecular weight excluding hydrogens is 494 g/mol. The number of methoxy groups -OCH3 is 1. The Morgan fingerprint density at radius 1 is 1.11 bits per heavy atom. The Kier molecular flexibility index (Phi) is 9.89. The Hall–Kier alpha value is -2.37. The molecule has 2 aliphatic rings. The van der Waals surface area contributed by atoms with Gasteiger partial charge in [0.2, 0.25) is 0 Å². The van der Waals surface area contributed by atoms with Crippen LogP contribution < -0.4 is 0 Å². The summed E-state index contributed by atoms with van der Waals surface area (Å²) in [5.41, 5.74) is 1.82. The molecule has 0 spiro atoms. The van der Waals surface area contributed by atoms with Gasteiger partial charge in [0.1, 0.15) is 0 Å². The van der Waals surface area contributed by atoms with Gasteiger partial charge in [0.05, 0.1) is 19.5 Å². The number of aliphatic imine (C=N–C) groups is 1. The number of nitrogens with zero attached hydrogens (tertiary/aromatic N) is 3. The fraction of sp³-hybridized carbons (Fsp3) is 0.562. The third kappa shape index (κ3) is 6.26. The fourth-order valence-corrected chi connectivity index (χ4v) is 7.03. The third-order valence-electron chi connectivity index (χ3n) is 8.71. The van der Waals surface area contributed by atoms with Gasteiger partial charge in [-0.1, -0.05) is 73.8 Å². The molecule has 0 N–H and O–H groups in total. The molecule has 1 aliphatic carbocycles. The molecule has 0 saturated heterocycles. The van der Waals surface area contributed by atoms with Crippen molar-refractivity contribution in [3.63, 3.8) is 0 Å². The first-order chi connectivity index (χ1) is 18.4. The van der Waals surface area contributed by atoms with E-state index in [0.29, 0.717) is 17.9 Å². The summed E-state index contributed by atoms with van der Waals surface area (Å²) in [5, 5.41) is 0.776. The van der Waals surface area contributed by atoms with Crippen molar-refractivity contribution in [1.82, 2.24) is 9.80 Å². The number of ether oxygens (including phenoxy) is 1. The van der Waals surface area contributed by atoms with Crippen molar-refractivity contribution in [2.75, 3.05) is 27.7 Å². The summed E-state index contributed by atoms with van der Waals surface area (Å²) in [7, 11) is 5.86. The number of carbonyl (C=O) groups excluding carboxylic acids is 1. The van der Waals surface area contributed by atoms with Gasteiger partial charge in [0.15, 0.2) is 5.54 Å². The zero-order valence-electron chi connectivity index (χ0n) is 23.5. The minimum atomic E-state index is -0.809. The van der Waals surface area contributed by atoms with Gasteiger partial charge in [-0.3, -0.25) is 4.99 Å². The average molecular weight is 538 g/mol. The highest BCUT2D eigenvalue weighted by Crippen LogP contribution is 2.46. The van der Waals surface area contributed by atoms with E-state index >= 15 is 0 Å². The maximum Gasteiger partial charge on any atom is 0.335 e. The molecule has 0 bridgehead atoms. The van der Waals surface area contributed by atoms with Crippen LogP contribution in [0, 0.1) is 11.8 Å². The van der Waals surface area contributed by atoms with Crippen molar-refractivity contribution in [2.45, 2.75) is 75.9 Å². The Balaban J connectivity index is 1.55. The number of rotatable bonds is 11. The quantitative estimate of drug-likeness (QED) is 0.295. The second kappa shape index (κ2) is 13.1. The summed E-state index contributed by atoms with van der Waals surface area (Å²) < 4.78 is 5.43. The van der Waals surface area contributed by atoms with E-state index in [2.05, 4.69) is 73.3 Å². The minimum absolute atomic E-state index is 0.0412. The van der Waals surface area contributed by atoms with Crippen LogP contribution in [0.1, 0.15) is 69.0 Å². The van der Waals surface area contributed by atoms with Gasteiger partial charge in [-0.2, -0.15) is 0 Å². The fourth-order valence-electron chi connectivity index (χ4n) is 6.90. The summed E-state index contributed by atoms with van der Waals surface area (Å²) in [6, 6.07) is 19.3. The molecule has 4 rings (SSSR count). The van der Waals surface area contributed by atoms with E-state index in [0.717, 1.165) is 62.9 Å². The van der Waals surface area contributed by atoms with Crippen LogP contribution in [-0.2, 0) is 16.0 Å². The monoisotopic (exact) mass is 537 g/mol. The molecule has 2 aromatic carbocycles. The van der Waals surface area contributed by atoms with E-state index in [1.54, 1.807) is 0 Å². The van der Waals surface area contributed by atoms with E-state index in [1.807, 2.05) is 18.5 Å². The van der Waals surface area contributed by atoms with Gasteiger partial charge in [-0.05, 0) is 87.7 Å². The molecular formula is C32H44ClN3O2. The zero-order chi connectivity index (χ0) is 27.1. The normalized spacial score (nSPS) is 26.1. The van der Waals surface area contributed by atoms with E-state index in [1.165, 1.54) is 18.2 Å². The van der Waals surface area contributed by atoms with E-state index < -0.39 is 5.54 Å². The summed E-state index contributed by atoms with van der Waals surface area (Å²) in [5.74, 6) is 0.781. The van der Waals surface area contributed by atoms with Crippen LogP contribution in [0.3, 0.4) is 0 Å². The number of unbranched alkanes of at least 4 members (excludes halogenated alkanes) is 1. The van der Waals surface area contributed by atoms with Gasteiger partial charge in [-0.25, -0.2) is 4.79 Å². The smallest absolute Gasteiger partial charge is 0.335 e. The first kappa shape index (κ1) is 28.6. The number of hydrogen-bond acceptors (Lipinski definition) is 5. The molecule has 3 atom stereocenters. The van der Waals surface area contributed by atoms with Crippen molar-refractivity contribution in [1.29, 1.82) is 0 Å². The molecule has 5 nitrogen and oxygen atoms in total. The van der Waals surface area contributed by atoms with Gasteiger partial charge >= 0.3 is 5.97 Å². The van der Waals surface area contributed by atoms with Crippen LogP contribution in [0.5, 0.6) is 0 Å². The second-order valence-corrected chi connectivity index (χ2v) is 11.8.